The first kappa shape index (κ1) is 21.9. The molecule has 0 spiro atoms. The number of amides is 1. The van der Waals surface area contributed by atoms with Crippen LogP contribution in [0.25, 0.3) is 10.2 Å². The Balaban J connectivity index is 1.27. The number of nitrogen functional groups attached to an aromatic ring is 1. The Morgan fingerprint density at radius 1 is 1.30 bits per heavy atom. The fraction of sp³-hybridized carbons (Fsp3) is 0.455. The zero-order chi connectivity index (χ0) is 23.3. The molecule has 3 atom stereocenters. The SMILES string of the molecule is Cc1ccc2c(N)c(C(=O)N[C@H]3CCc4nc(N5CC(C(F)F)[C@H](N)C5)ncc4C3)sc2n1. The zero-order valence-electron chi connectivity index (χ0n) is 18.1. The molecule has 33 heavy (non-hydrogen) atoms. The summed E-state index contributed by atoms with van der Waals surface area (Å²) in [6.45, 7) is 2.37. The molecule has 3 aromatic rings. The number of alkyl halides is 2. The fourth-order valence-corrected chi connectivity index (χ4v) is 5.61. The van der Waals surface area contributed by atoms with Crippen LogP contribution in [0.15, 0.2) is 18.3 Å². The van der Waals surface area contributed by atoms with Crippen LogP contribution in [-0.4, -0.2) is 52.5 Å². The van der Waals surface area contributed by atoms with Crippen LogP contribution in [0.3, 0.4) is 0 Å². The van der Waals surface area contributed by atoms with E-state index in [0.29, 0.717) is 35.9 Å². The molecule has 1 unspecified atom stereocenters. The number of hydrogen-bond donors (Lipinski definition) is 3. The Labute approximate surface area is 193 Å². The summed E-state index contributed by atoms with van der Waals surface area (Å²) in [4.78, 5) is 29.4. The molecule has 0 bridgehead atoms. The highest BCUT2D eigenvalue weighted by molar-refractivity contribution is 7.21. The number of hydrogen-bond acceptors (Lipinski definition) is 8. The van der Waals surface area contributed by atoms with E-state index in [-0.39, 0.29) is 18.5 Å². The van der Waals surface area contributed by atoms with Crippen molar-refractivity contribution in [1.82, 2.24) is 20.3 Å². The van der Waals surface area contributed by atoms with Crippen molar-refractivity contribution in [2.24, 2.45) is 11.7 Å². The Morgan fingerprint density at radius 3 is 2.88 bits per heavy atom. The van der Waals surface area contributed by atoms with Gasteiger partial charge in [-0.15, -0.1) is 11.3 Å². The number of aryl methyl sites for hydroxylation is 2. The van der Waals surface area contributed by atoms with Crippen LogP contribution in [-0.2, 0) is 12.8 Å². The Kier molecular flexibility index (Phi) is 5.61. The highest BCUT2D eigenvalue weighted by Crippen LogP contribution is 2.33. The largest absolute Gasteiger partial charge is 0.397 e. The smallest absolute Gasteiger partial charge is 0.263 e. The third-order valence-corrected chi connectivity index (χ3v) is 7.54. The van der Waals surface area contributed by atoms with Crippen LogP contribution in [0.5, 0.6) is 0 Å². The van der Waals surface area contributed by atoms with E-state index in [4.69, 9.17) is 11.5 Å². The number of fused-ring (bicyclic) bond motifs is 2. The highest BCUT2D eigenvalue weighted by Gasteiger charge is 2.37. The lowest BCUT2D eigenvalue weighted by molar-refractivity contribution is 0.0804. The van der Waals surface area contributed by atoms with E-state index >= 15 is 0 Å². The molecule has 1 fully saturated rings. The van der Waals surface area contributed by atoms with Crippen LogP contribution in [0, 0.1) is 12.8 Å². The number of nitrogens with two attached hydrogens (primary N) is 2. The molecule has 0 radical (unpaired) electrons. The number of halogens is 2. The summed E-state index contributed by atoms with van der Waals surface area (Å²) in [6, 6.07) is 3.11. The first-order valence-electron chi connectivity index (χ1n) is 10.9. The summed E-state index contributed by atoms with van der Waals surface area (Å²) in [6.07, 6.45) is 1.26. The average molecular weight is 474 g/mol. The van der Waals surface area contributed by atoms with Gasteiger partial charge in [-0.3, -0.25) is 4.79 Å². The van der Waals surface area contributed by atoms with Crippen molar-refractivity contribution in [3.05, 3.63) is 40.2 Å². The molecule has 1 saturated heterocycles. The van der Waals surface area contributed by atoms with Gasteiger partial charge in [0.25, 0.3) is 5.91 Å². The molecule has 11 heteroatoms. The topological polar surface area (TPSA) is 123 Å². The van der Waals surface area contributed by atoms with E-state index < -0.39 is 18.4 Å². The summed E-state index contributed by atoms with van der Waals surface area (Å²) >= 11 is 1.30. The monoisotopic (exact) mass is 473 g/mol. The van der Waals surface area contributed by atoms with Crippen molar-refractivity contribution < 1.29 is 13.6 Å². The molecular weight excluding hydrogens is 448 g/mol. The summed E-state index contributed by atoms with van der Waals surface area (Å²) in [5.74, 6) is -0.636. The first-order chi connectivity index (χ1) is 15.8. The van der Waals surface area contributed by atoms with Crippen LogP contribution >= 0.6 is 11.3 Å². The number of anilines is 2. The highest BCUT2D eigenvalue weighted by atomic mass is 32.1. The second-order valence-electron chi connectivity index (χ2n) is 8.77. The van der Waals surface area contributed by atoms with Gasteiger partial charge in [-0.05, 0) is 43.9 Å². The van der Waals surface area contributed by atoms with E-state index in [1.54, 1.807) is 11.1 Å². The average Bonchev–Trinajstić information content (AvgIpc) is 3.33. The first-order valence-corrected chi connectivity index (χ1v) is 11.7. The van der Waals surface area contributed by atoms with Crippen molar-refractivity contribution in [1.29, 1.82) is 0 Å². The quantitative estimate of drug-likeness (QED) is 0.531. The van der Waals surface area contributed by atoms with Gasteiger partial charge >= 0.3 is 0 Å². The Morgan fingerprint density at radius 2 is 2.12 bits per heavy atom. The predicted molar refractivity (Wildman–Crippen MR) is 124 cm³/mol. The second-order valence-corrected chi connectivity index (χ2v) is 9.77. The fourth-order valence-electron chi connectivity index (χ4n) is 4.57. The lowest BCUT2D eigenvalue weighted by Gasteiger charge is -2.26. The lowest BCUT2D eigenvalue weighted by Crippen LogP contribution is -2.39. The Bertz CT molecular complexity index is 1220. The molecule has 1 aliphatic heterocycles. The van der Waals surface area contributed by atoms with Gasteiger partial charge in [0.2, 0.25) is 12.4 Å². The minimum absolute atomic E-state index is 0.0674. The van der Waals surface area contributed by atoms with Gasteiger partial charge in [-0.2, -0.15) is 0 Å². The van der Waals surface area contributed by atoms with Gasteiger partial charge in [0.05, 0.1) is 11.6 Å². The van der Waals surface area contributed by atoms with Crippen LogP contribution in [0.4, 0.5) is 20.4 Å². The summed E-state index contributed by atoms with van der Waals surface area (Å²) in [5, 5.41) is 3.88. The van der Waals surface area contributed by atoms with Crippen LogP contribution < -0.4 is 21.7 Å². The standard InChI is InChI=1S/C22H25F2N7OS/c1-10-2-4-13-17(26)18(33-21(13)28-10)20(32)29-12-3-5-16-11(6-12)7-27-22(30-16)31-8-14(19(23)24)15(25)9-31/h2,4,7,12,14-15,19H,3,5-6,8-9,25-26H2,1H3,(H,29,32)/t12-,14?,15+/m0/s1. The number of aromatic nitrogens is 3. The molecule has 2 aliphatic rings. The molecule has 8 nitrogen and oxygen atoms in total. The molecule has 0 saturated carbocycles. The van der Waals surface area contributed by atoms with Crippen LogP contribution in [0.2, 0.25) is 0 Å². The zero-order valence-corrected chi connectivity index (χ0v) is 18.9. The maximum Gasteiger partial charge on any atom is 0.263 e. The molecule has 4 heterocycles. The molecule has 5 rings (SSSR count). The minimum atomic E-state index is -2.46. The third-order valence-electron chi connectivity index (χ3n) is 6.43. The van der Waals surface area contributed by atoms with Crippen molar-refractivity contribution >= 4 is 39.1 Å². The summed E-state index contributed by atoms with van der Waals surface area (Å²) < 4.78 is 26.3. The number of nitrogens with one attached hydrogen (secondary N) is 1. The molecule has 174 valence electrons. The third kappa shape index (κ3) is 4.10. The van der Waals surface area contributed by atoms with E-state index in [2.05, 4.69) is 20.3 Å². The van der Waals surface area contributed by atoms with E-state index in [1.165, 1.54) is 11.3 Å². The van der Waals surface area contributed by atoms with E-state index in [0.717, 1.165) is 33.6 Å². The minimum Gasteiger partial charge on any atom is -0.397 e. The number of rotatable bonds is 4. The van der Waals surface area contributed by atoms with E-state index in [1.807, 2.05) is 19.1 Å². The van der Waals surface area contributed by atoms with Crippen molar-refractivity contribution in [3.8, 4) is 0 Å². The van der Waals surface area contributed by atoms with Gasteiger partial charge in [0.15, 0.2) is 0 Å². The maximum atomic E-state index is 13.1. The molecule has 5 N–H and O–H groups in total. The van der Waals surface area contributed by atoms with Crippen molar-refractivity contribution in [2.45, 2.75) is 44.7 Å². The molecule has 3 aromatic heterocycles. The number of nitrogens with zero attached hydrogens (tertiary/aromatic N) is 4. The Hall–Kier alpha value is -2.92. The molecule has 1 aliphatic carbocycles. The summed E-state index contributed by atoms with van der Waals surface area (Å²) in [7, 11) is 0. The molecule has 0 aromatic carbocycles. The normalized spacial score (nSPS) is 22.7. The van der Waals surface area contributed by atoms with Gasteiger partial charge < -0.3 is 21.7 Å². The van der Waals surface area contributed by atoms with Crippen molar-refractivity contribution in [3.63, 3.8) is 0 Å². The van der Waals surface area contributed by atoms with Gasteiger partial charge in [-0.25, -0.2) is 23.7 Å². The summed E-state index contributed by atoms with van der Waals surface area (Å²) in [5.41, 5.74) is 15.3. The number of carbonyl (C=O) groups is 1. The maximum absolute atomic E-state index is 13.1. The number of thiophene rings is 1. The lowest BCUT2D eigenvalue weighted by atomic mass is 9.93. The molecule has 1 amide bonds. The second kappa shape index (κ2) is 8.45. The molecular formula is C22H25F2N7OS. The van der Waals surface area contributed by atoms with Gasteiger partial charge in [0, 0.05) is 48.1 Å². The predicted octanol–water partition coefficient (Wildman–Crippen LogP) is 2.29. The number of pyridine rings is 1. The van der Waals surface area contributed by atoms with Gasteiger partial charge in [-0.1, -0.05) is 0 Å². The number of carbonyl (C=O) groups excluding carboxylic acids is 1. The van der Waals surface area contributed by atoms with E-state index in [9.17, 15) is 13.6 Å². The van der Waals surface area contributed by atoms with Crippen molar-refractivity contribution in [2.75, 3.05) is 23.7 Å². The van der Waals surface area contributed by atoms with Gasteiger partial charge in [0.1, 0.15) is 9.71 Å². The van der Waals surface area contributed by atoms with Crippen LogP contribution in [0.1, 0.15) is 33.0 Å².